The van der Waals surface area contributed by atoms with Gasteiger partial charge in [-0.3, -0.25) is 4.79 Å². The van der Waals surface area contributed by atoms with Crippen LogP contribution in [0.25, 0.3) is 0 Å². The minimum absolute atomic E-state index is 0.0400. The Morgan fingerprint density at radius 1 is 1.29 bits per heavy atom. The summed E-state index contributed by atoms with van der Waals surface area (Å²) in [6.07, 6.45) is 1.60. The molecule has 0 amide bonds. The number of halogens is 4. The van der Waals surface area contributed by atoms with Crippen molar-refractivity contribution in [2.75, 3.05) is 6.61 Å². The fourth-order valence-electron chi connectivity index (χ4n) is 1.59. The Bertz CT molecular complexity index is 613. The fraction of sp³-hybridized carbons (Fsp3) is 0.286. The molecule has 0 fully saturated rings. The molecule has 0 saturated carbocycles. The molecule has 21 heavy (non-hydrogen) atoms. The van der Waals surface area contributed by atoms with Gasteiger partial charge in [-0.25, -0.2) is 13.6 Å². The molecule has 0 aliphatic rings. The van der Waals surface area contributed by atoms with Crippen molar-refractivity contribution in [1.29, 1.82) is 0 Å². The molecule has 0 aromatic heterocycles. The van der Waals surface area contributed by atoms with E-state index in [1.807, 2.05) is 0 Å². The van der Waals surface area contributed by atoms with E-state index in [1.165, 1.54) is 6.08 Å². The first-order chi connectivity index (χ1) is 9.84. The molecule has 0 spiro atoms. The lowest BCUT2D eigenvalue weighted by Gasteiger charge is -2.10. The molecule has 0 unspecified atom stereocenters. The molecule has 0 bridgehead atoms. The Kier molecular flexibility index (Phi) is 6.30. The summed E-state index contributed by atoms with van der Waals surface area (Å²) in [5.74, 6) is -4.20. The maximum Gasteiger partial charge on any atom is 0.341 e. The van der Waals surface area contributed by atoms with Crippen LogP contribution in [0.15, 0.2) is 17.7 Å². The molecule has 1 aromatic rings. The third-order valence-corrected chi connectivity index (χ3v) is 3.12. The zero-order valence-corrected chi connectivity index (χ0v) is 12.8. The van der Waals surface area contributed by atoms with Crippen molar-refractivity contribution in [3.05, 3.63) is 45.0 Å². The van der Waals surface area contributed by atoms with E-state index in [9.17, 15) is 18.4 Å². The van der Waals surface area contributed by atoms with E-state index in [1.54, 1.807) is 13.8 Å². The first kappa shape index (κ1) is 17.6. The van der Waals surface area contributed by atoms with Crippen LogP contribution in [0.3, 0.4) is 0 Å². The Balaban J connectivity index is 3.38. The summed E-state index contributed by atoms with van der Waals surface area (Å²) in [6.45, 7) is 3.27. The van der Waals surface area contributed by atoms with Crippen LogP contribution >= 0.6 is 23.2 Å². The molecule has 0 heterocycles. The molecule has 0 aliphatic carbocycles. The highest BCUT2D eigenvalue weighted by Crippen LogP contribution is 2.30. The first-order valence-electron chi connectivity index (χ1n) is 6.10. The van der Waals surface area contributed by atoms with Gasteiger partial charge >= 0.3 is 5.97 Å². The Hall–Kier alpha value is -1.46. The normalized spacial score (nSPS) is 11.4. The van der Waals surface area contributed by atoms with Crippen molar-refractivity contribution in [2.45, 2.75) is 20.3 Å². The number of benzene rings is 1. The molecule has 0 atom stereocenters. The molecule has 114 valence electrons. The number of esters is 1. The van der Waals surface area contributed by atoms with Gasteiger partial charge in [-0.2, -0.15) is 0 Å². The van der Waals surface area contributed by atoms with Crippen molar-refractivity contribution in [3.63, 3.8) is 0 Å². The average Bonchev–Trinajstić information content (AvgIpc) is 2.42. The third kappa shape index (κ3) is 3.80. The maximum absolute atomic E-state index is 13.9. The van der Waals surface area contributed by atoms with Crippen molar-refractivity contribution in [3.8, 4) is 0 Å². The van der Waals surface area contributed by atoms with E-state index < -0.39 is 44.6 Å². The van der Waals surface area contributed by atoms with Gasteiger partial charge in [0.2, 0.25) is 5.78 Å². The average molecular weight is 337 g/mol. The van der Waals surface area contributed by atoms with Crippen LogP contribution in [0.5, 0.6) is 0 Å². The number of Topliss-reactive ketones (excluding diaryl/α,β-unsaturated/α-hetero) is 1. The zero-order valence-electron chi connectivity index (χ0n) is 11.3. The van der Waals surface area contributed by atoms with Crippen LogP contribution in [0, 0.1) is 11.6 Å². The lowest BCUT2D eigenvalue weighted by Crippen LogP contribution is -2.18. The molecule has 0 aliphatic heterocycles. The predicted octanol–water partition coefficient (Wildman–Crippen LogP) is 4.35. The molecule has 0 saturated heterocycles. The third-order valence-electron chi connectivity index (χ3n) is 2.49. The van der Waals surface area contributed by atoms with Crippen LogP contribution < -0.4 is 0 Å². The number of hydrogen-bond donors (Lipinski definition) is 0. The highest BCUT2D eigenvalue weighted by atomic mass is 35.5. The molecule has 0 N–H and O–H groups in total. The van der Waals surface area contributed by atoms with E-state index >= 15 is 0 Å². The summed E-state index contributed by atoms with van der Waals surface area (Å²) in [5.41, 5.74) is -1.15. The van der Waals surface area contributed by atoms with Gasteiger partial charge in [0, 0.05) is 0 Å². The second-order valence-electron chi connectivity index (χ2n) is 3.92. The minimum atomic E-state index is -1.12. The molecule has 7 heteroatoms. The number of ether oxygens (including phenoxy) is 1. The molecular weight excluding hydrogens is 325 g/mol. The van der Waals surface area contributed by atoms with Crippen LogP contribution in [-0.4, -0.2) is 18.4 Å². The highest BCUT2D eigenvalue weighted by Gasteiger charge is 2.28. The molecule has 1 aromatic carbocycles. The van der Waals surface area contributed by atoms with Gasteiger partial charge < -0.3 is 4.74 Å². The van der Waals surface area contributed by atoms with E-state index in [0.29, 0.717) is 12.5 Å². The smallest absolute Gasteiger partial charge is 0.341 e. The zero-order chi connectivity index (χ0) is 16.2. The SMILES string of the molecule is CCC=C(C(=O)OCC)C(=O)c1c(F)cc(Cl)c(F)c1Cl. The van der Waals surface area contributed by atoms with Gasteiger partial charge in [0.25, 0.3) is 0 Å². The quantitative estimate of drug-likeness (QED) is 0.153. The molecule has 1 rings (SSSR count). The summed E-state index contributed by atoms with van der Waals surface area (Å²) in [6, 6.07) is 0.630. The molecule has 0 radical (unpaired) electrons. The van der Waals surface area contributed by atoms with Crippen molar-refractivity contribution < 1.29 is 23.1 Å². The van der Waals surface area contributed by atoms with Crippen LogP contribution in [-0.2, 0) is 9.53 Å². The van der Waals surface area contributed by atoms with Crippen molar-refractivity contribution >= 4 is 35.0 Å². The van der Waals surface area contributed by atoms with Gasteiger partial charge in [0.05, 0.1) is 22.2 Å². The number of hydrogen-bond acceptors (Lipinski definition) is 3. The summed E-state index contributed by atoms with van der Waals surface area (Å²) in [7, 11) is 0. The second kappa shape index (κ2) is 7.52. The lowest BCUT2D eigenvalue weighted by atomic mass is 10.0. The van der Waals surface area contributed by atoms with Gasteiger partial charge in [-0.05, 0) is 19.4 Å². The van der Waals surface area contributed by atoms with Gasteiger partial charge in [0.15, 0.2) is 5.82 Å². The molecule has 3 nitrogen and oxygen atoms in total. The molecular formula is C14H12Cl2F2O3. The van der Waals surface area contributed by atoms with Gasteiger partial charge in [-0.1, -0.05) is 36.2 Å². The predicted molar refractivity (Wildman–Crippen MR) is 75.7 cm³/mol. The van der Waals surface area contributed by atoms with E-state index in [-0.39, 0.29) is 6.61 Å². The first-order valence-corrected chi connectivity index (χ1v) is 6.85. The van der Waals surface area contributed by atoms with E-state index in [0.717, 1.165) is 0 Å². The monoisotopic (exact) mass is 336 g/mol. The Labute approximate surface area is 130 Å². The van der Waals surface area contributed by atoms with Crippen LogP contribution in [0.2, 0.25) is 10.0 Å². The minimum Gasteiger partial charge on any atom is -0.462 e. The largest absolute Gasteiger partial charge is 0.462 e. The number of ketones is 1. The Morgan fingerprint density at radius 2 is 1.90 bits per heavy atom. The topological polar surface area (TPSA) is 43.4 Å². The summed E-state index contributed by atoms with van der Waals surface area (Å²) < 4.78 is 32.2. The van der Waals surface area contributed by atoms with Crippen molar-refractivity contribution in [1.82, 2.24) is 0 Å². The van der Waals surface area contributed by atoms with Gasteiger partial charge in [-0.15, -0.1) is 0 Å². The Morgan fingerprint density at radius 3 is 2.43 bits per heavy atom. The second-order valence-corrected chi connectivity index (χ2v) is 4.70. The summed E-state index contributed by atoms with van der Waals surface area (Å²) in [5, 5.41) is -1.32. The number of carbonyl (C=O) groups excluding carboxylic acids is 2. The van der Waals surface area contributed by atoms with Crippen LogP contribution in [0.4, 0.5) is 8.78 Å². The summed E-state index contributed by atoms with van der Waals surface area (Å²) in [4.78, 5) is 24.0. The van der Waals surface area contributed by atoms with E-state index in [2.05, 4.69) is 0 Å². The van der Waals surface area contributed by atoms with Crippen LogP contribution in [0.1, 0.15) is 30.6 Å². The van der Waals surface area contributed by atoms with E-state index in [4.69, 9.17) is 27.9 Å². The number of allylic oxidation sites excluding steroid dienone is 1. The van der Waals surface area contributed by atoms with Gasteiger partial charge in [0.1, 0.15) is 11.4 Å². The lowest BCUT2D eigenvalue weighted by molar-refractivity contribution is -0.138. The summed E-state index contributed by atoms with van der Waals surface area (Å²) >= 11 is 11.1. The number of rotatable bonds is 5. The highest BCUT2D eigenvalue weighted by molar-refractivity contribution is 6.39. The fourth-order valence-corrected chi connectivity index (χ4v) is 2.11. The number of carbonyl (C=O) groups is 2. The standard InChI is InChI=1S/C14H12Cl2F2O3/c1-3-5-7(14(20)21-4-2)13(19)10-9(17)6-8(15)12(18)11(10)16/h5-6H,3-4H2,1-2H3. The van der Waals surface area contributed by atoms with Crippen molar-refractivity contribution in [2.24, 2.45) is 0 Å². The maximum atomic E-state index is 13.9.